The molecule has 4 nitrogen and oxygen atoms in total. The van der Waals surface area contributed by atoms with Crippen molar-refractivity contribution in [1.82, 2.24) is 5.32 Å². The molecule has 0 spiro atoms. The van der Waals surface area contributed by atoms with Gasteiger partial charge in [-0.1, -0.05) is 30.3 Å². The Labute approximate surface area is 141 Å². The van der Waals surface area contributed by atoms with Gasteiger partial charge in [-0.25, -0.2) is 4.79 Å². The van der Waals surface area contributed by atoms with Crippen LogP contribution >= 0.6 is 11.8 Å². The zero-order valence-corrected chi connectivity index (χ0v) is 13.6. The number of alkyl halides is 3. The number of hydrogen-bond acceptors (Lipinski definition) is 3. The van der Waals surface area contributed by atoms with Gasteiger partial charge in [0.1, 0.15) is 5.54 Å². The van der Waals surface area contributed by atoms with Crippen molar-refractivity contribution in [2.75, 3.05) is 11.5 Å². The van der Waals surface area contributed by atoms with E-state index in [-0.39, 0.29) is 18.4 Å². The number of benzene rings is 1. The summed E-state index contributed by atoms with van der Waals surface area (Å²) in [6.07, 6.45) is -4.99. The highest BCUT2D eigenvalue weighted by atomic mass is 32.2. The maximum Gasteiger partial charge on any atom is 0.396 e. The van der Waals surface area contributed by atoms with Gasteiger partial charge in [-0.2, -0.15) is 24.9 Å². The third-order valence-corrected chi connectivity index (χ3v) is 5.11. The highest BCUT2D eigenvalue weighted by Gasteiger charge is 2.45. The lowest BCUT2D eigenvalue weighted by Gasteiger charge is -2.34. The first-order valence-electron chi connectivity index (χ1n) is 7.48. The SMILES string of the molecule is O=C(CC(c1ccccc1)C(F)(F)F)NC1(C(=O)O)CCSCC1. The van der Waals surface area contributed by atoms with E-state index < -0.39 is 35.9 Å². The van der Waals surface area contributed by atoms with Crippen molar-refractivity contribution in [3.8, 4) is 0 Å². The summed E-state index contributed by atoms with van der Waals surface area (Å²) in [5.41, 5.74) is -1.47. The molecule has 1 fully saturated rings. The van der Waals surface area contributed by atoms with E-state index in [1.807, 2.05) is 0 Å². The molecule has 1 unspecified atom stereocenters. The lowest BCUT2D eigenvalue weighted by molar-refractivity contribution is -0.159. The minimum absolute atomic E-state index is 0.0104. The number of halogens is 3. The number of carbonyl (C=O) groups is 2. The highest BCUT2D eigenvalue weighted by Crippen LogP contribution is 2.37. The first-order valence-corrected chi connectivity index (χ1v) is 8.64. The topological polar surface area (TPSA) is 66.4 Å². The van der Waals surface area contributed by atoms with Gasteiger partial charge in [-0.3, -0.25) is 4.79 Å². The molecule has 1 amide bonds. The third kappa shape index (κ3) is 4.43. The van der Waals surface area contributed by atoms with Crippen molar-refractivity contribution < 1.29 is 27.9 Å². The average Bonchev–Trinajstić information content (AvgIpc) is 2.53. The molecule has 1 saturated heterocycles. The highest BCUT2D eigenvalue weighted by molar-refractivity contribution is 7.99. The average molecular weight is 361 g/mol. The van der Waals surface area contributed by atoms with E-state index in [4.69, 9.17) is 0 Å². The summed E-state index contributed by atoms with van der Waals surface area (Å²) in [6.45, 7) is 0. The number of carbonyl (C=O) groups excluding carboxylic acids is 1. The molecule has 1 heterocycles. The monoisotopic (exact) mass is 361 g/mol. The number of carboxylic acids is 1. The molecule has 1 aromatic carbocycles. The molecular weight excluding hydrogens is 343 g/mol. The number of carboxylic acid groups (broad SMARTS) is 1. The van der Waals surface area contributed by atoms with E-state index in [9.17, 15) is 27.9 Å². The molecule has 1 aromatic rings. The number of hydrogen-bond donors (Lipinski definition) is 2. The van der Waals surface area contributed by atoms with E-state index in [2.05, 4.69) is 5.32 Å². The van der Waals surface area contributed by atoms with Crippen LogP contribution < -0.4 is 5.32 Å². The number of aliphatic carboxylic acids is 1. The molecule has 2 rings (SSSR count). The van der Waals surface area contributed by atoms with E-state index in [1.165, 1.54) is 24.3 Å². The summed E-state index contributed by atoms with van der Waals surface area (Å²) in [6, 6.07) is 7.17. The van der Waals surface area contributed by atoms with Crippen molar-refractivity contribution in [3.63, 3.8) is 0 Å². The van der Waals surface area contributed by atoms with Crippen LogP contribution in [0.25, 0.3) is 0 Å². The van der Waals surface area contributed by atoms with Crippen LogP contribution in [0.3, 0.4) is 0 Å². The minimum Gasteiger partial charge on any atom is -0.480 e. The molecule has 132 valence electrons. The largest absolute Gasteiger partial charge is 0.480 e. The van der Waals surface area contributed by atoms with Gasteiger partial charge in [-0.15, -0.1) is 0 Å². The summed E-state index contributed by atoms with van der Waals surface area (Å²) in [7, 11) is 0. The second-order valence-electron chi connectivity index (χ2n) is 5.76. The van der Waals surface area contributed by atoms with Gasteiger partial charge in [0.15, 0.2) is 0 Å². The fourth-order valence-electron chi connectivity index (χ4n) is 2.72. The number of nitrogens with one attached hydrogen (secondary N) is 1. The predicted molar refractivity (Wildman–Crippen MR) is 84.9 cm³/mol. The third-order valence-electron chi connectivity index (χ3n) is 4.12. The van der Waals surface area contributed by atoms with Crippen LogP contribution in [0.2, 0.25) is 0 Å². The number of thioether (sulfide) groups is 1. The molecular formula is C16H18F3NO3S. The molecule has 1 aliphatic rings. The molecule has 1 atom stereocenters. The maximum atomic E-state index is 13.3. The Hall–Kier alpha value is -1.70. The Morgan fingerprint density at radius 3 is 2.29 bits per heavy atom. The van der Waals surface area contributed by atoms with Gasteiger partial charge >= 0.3 is 12.1 Å². The molecule has 0 saturated carbocycles. The van der Waals surface area contributed by atoms with Crippen molar-refractivity contribution in [3.05, 3.63) is 35.9 Å². The first kappa shape index (κ1) is 18.6. The standard InChI is InChI=1S/C16H18F3NO3S/c17-16(18,19)12(11-4-2-1-3-5-11)10-13(21)20-15(14(22)23)6-8-24-9-7-15/h1-5,12H,6-10H2,(H,20,21)(H,22,23). The molecule has 1 aliphatic heterocycles. The Kier molecular flexibility index (Phi) is 5.79. The van der Waals surface area contributed by atoms with Crippen molar-refractivity contribution >= 4 is 23.6 Å². The quantitative estimate of drug-likeness (QED) is 0.845. The van der Waals surface area contributed by atoms with E-state index in [0.29, 0.717) is 11.5 Å². The summed E-state index contributed by atoms with van der Waals surface area (Å²) in [4.78, 5) is 23.7. The van der Waals surface area contributed by atoms with Gasteiger partial charge in [0.05, 0.1) is 5.92 Å². The van der Waals surface area contributed by atoms with Crippen molar-refractivity contribution in [1.29, 1.82) is 0 Å². The van der Waals surface area contributed by atoms with Gasteiger partial charge < -0.3 is 10.4 Å². The van der Waals surface area contributed by atoms with E-state index in [0.717, 1.165) is 0 Å². The minimum atomic E-state index is -4.59. The van der Waals surface area contributed by atoms with E-state index in [1.54, 1.807) is 17.8 Å². The Bertz CT molecular complexity index is 586. The van der Waals surface area contributed by atoms with Crippen LogP contribution in [-0.2, 0) is 9.59 Å². The lowest BCUT2D eigenvalue weighted by Crippen LogP contribution is -2.56. The fourth-order valence-corrected chi connectivity index (χ4v) is 3.91. The van der Waals surface area contributed by atoms with Gasteiger partial charge in [0.2, 0.25) is 5.91 Å². The van der Waals surface area contributed by atoms with Gasteiger partial charge in [-0.05, 0) is 29.9 Å². The zero-order chi connectivity index (χ0) is 17.8. The summed E-state index contributed by atoms with van der Waals surface area (Å²) < 4.78 is 39.9. The molecule has 2 N–H and O–H groups in total. The van der Waals surface area contributed by atoms with Crippen molar-refractivity contribution in [2.45, 2.75) is 36.9 Å². The summed E-state index contributed by atoms with van der Waals surface area (Å²) in [5, 5.41) is 11.8. The molecule has 0 radical (unpaired) electrons. The number of amides is 1. The molecule has 8 heteroatoms. The fraction of sp³-hybridized carbons (Fsp3) is 0.500. The second kappa shape index (κ2) is 7.46. The number of rotatable bonds is 5. The van der Waals surface area contributed by atoms with Crippen LogP contribution in [0.15, 0.2) is 30.3 Å². The predicted octanol–water partition coefficient (Wildman–Crippen LogP) is 3.19. The first-order chi connectivity index (χ1) is 11.2. The summed E-state index contributed by atoms with van der Waals surface area (Å²) in [5.74, 6) is -2.94. The van der Waals surface area contributed by atoms with Crippen LogP contribution in [0.1, 0.15) is 30.7 Å². The summed E-state index contributed by atoms with van der Waals surface area (Å²) >= 11 is 1.56. The Balaban J connectivity index is 2.14. The Morgan fingerprint density at radius 2 is 1.79 bits per heavy atom. The molecule has 0 aliphatic carbocycles. The molecule has 0 aromatic heterocycles. The second-order valence-corrected chi connectivity index (χ2v) is 6.98. The van der Waals surface area contributed by atoms with Crippen molar-refractivity contribution in [2.24, 2.45) is 0 Å². The molecule has 24 heavy (non-hydrogen) atoms. The van der Waals surface area contributed by atoms with Gasteiger partial charge in [0, 0.05) is 6.42 Å². The van der Waals surface area contributed by atoms with E-state index >= 15 is 0 Å². The lowest BCUT2D eigenvalue weighted by atomic mass is 9.90. The van der Waals surface area contributed by atoms with Crippen LogP contribution in [0.5, 0.6) is 0 Å². The smallest absolute Gasteiger partial charge is 0.396 e. The Morgan fingerprint density at radius 1 is 1.21 bits per heavy atom. The van der Waals surface area contributed by atoms with Crippen LogP contribution in [0, 0.1) is 0 Å². The van der Waals surface area contributed by atoms with Gasteiger partial charge in [0.25, 0.3) is 0 Å². The normalized spacial score (nSPS) is 18.6. The molecule has 0 bridgehead atoms. The van der Waals surface area contributed by atoms with Crippen LogP contribution in [0.4, 0.5) is 13.2 Å². The zero-order valence-electron chi connectivity index (χ0n) is 12.8. The maximum absolute atomic E-state index is 13.3. The van der Waals surface area contributed by atoms with Crippen LogP contribution in [-0.4, -0.2) is 40.2 Å².